The molecule has 10 saturated heterocycles. The smallest absolute Gasteiger partial charge is 0.172 e. The van der Waals surface area contributed by atoms with Crippen molar-refractivity contribution in [1.29, 1.82) is 0 Å². The fraction of sp³-hybridized carbons (Fsp3) is 0.889. The Morgan fingerprint density at radius 2 is 1.54 bits per heavy atom. The minimum Gasteiger partial charge on any atom is -0.393 e. The second-order valence-corrected chi connectivity index (χ2v) is 19.0. The summed E-state index contributed by atoms with van der Waals surface area (Å²) >= 11 is 0. The lowest BCUT2D eigenvalue weighted by Gasteiger charge is -2.47. The molecule has 0 radical (unpaired) electrons. The lowest BCUT2D eigenvalue weighted by Crippen LogP contribution is -2.61. The number of carbonyl (C=O) groups is 1. The lowest BCUT2D eigenvalue weighted by molar-refractivity contribution is -0.292. The first kappa shape index (κ1) is 40.2. The molecule has 11 nitrogen and oxygen atoms in total. The molecule has 0 aromatic heterocycles. The van der Waals surface area contributed by atoms with Crippen LogP contribution in [0.25, 0.3) is 0 Å². The van der Waals surface area contributed by atoms with Crippen molar-refractivity contribution in [3.8, 4) is 0 Å². The molecule has 10 aliphatic rings. The zero-order chi connectivity index (χ0) is 38.7. The molecule has 10 heterocycles. The Kier molecular flexibility index (Phi) is 12.0. The number of fused-ring (bicyclic) bond motifs is 6. The Morgan fingerprint density at radius 3 is 2.38 bits per heavy atom. The monoisotopic (exact) mass is 784 g/mol. The van der Waals surface area contributed by atoms with Crippen LogP contribution >= 0.6 is 0 Å². The molecule has 0 saturated carbocycles. The van der Waals surface area contributed by atoms with Crippen LogP contribution in [0, 0.1) is 11.8 Å². The van der Waals surface area contributed by atoms with Gasteiger partial charge >= 0.3 is 0 Å². The number of aliphatic hydroxyl groups is 1. The van der Waals surface area contributed by atoms with E-state index in [0.717, 1.165) is 81.8 Å². The highest BCUT2D eigenvalue weighted by Gasteiger charge is 2.68. The van der Waals surface area contributed by atoms with Gasteiger partial charge in [0.2, 0.25) is 0 Å². The van der Waals surface area contributed by atoms with E-state index < -0.39 is 11.9 Å². The minimum absolute atomic E-state index is 0.00703. The third-order valence-corrected chi connectivity index (χ3v) is 15.1. The van der Waals surface area contributed by atoms with Gasteiger partial charge in [0.05, 0.1) is 67.1 Å². The summed E-state index contributed by atoms with van der Waals surface area (Å²) in [4.78, 5) is 14.2. The van der Waals surface area contributed by atoms with Gasteiger partial charge in [-0.15, -0.1) is 0 Å². The predicted octanol–water partition coefficient (Wildman–Crippen LogP) is 6.45. The molecule has 1 spiro atoms. The Balaban J connectivity index is 0.967. The molecule has 10 fully saturated rings. The van der Waals surface area contributed by atoms with Crippen molar-refractivity contribution in [2.24, 2.45) is 11.8 Å². The number of carbonyl (C=O) groups excluding carboxylic acids is 1. The predicted molar refractivity (Wildman–Crippen MR) is 206 cm³/mol. The number of hydrogen-bond donors (Lipinski definition) is 1. The molecule has 56 heavy (non-hydrogen) atoms. The van der Waals surface area contributed by atoms with Crippen molar-refractivity contribution in [3.05, 3.63) is 24.3 Å². The van der Waals surface area contributed by atoms with Crippen molar-refractivity contribution < 1.29 is 52.5 Å². The van der Waals surface area contributed by atoms with Crippen molar-refractivity contribution in [2.45, 2.75) is 233 Å². The average Bonchev–Trinajstić information content (AvgIpc) is 3.85. The van der Waals surface area contributed by atoms with E-state index in [9.17, 15) is 9.90 Å². The van der Waals surface area contributed by atoms with Crippen molar-refractivity contribution in [2.75, 3.05) is 7.11 Å². The van der Waals surface area contributed by atoms with Gasteiger partial charge in [-0.25, -0.2) is 0 Å². The number of rotatable bonds is 8. The SMILES string of the molecule is C=C1C[C@@H]2CC[C@@]34C[C@H]5O[C@@H]6[C@@H](O3)[C@H]3O[C@H](CC[C@@H]3O[C@H]6[C@H]5O4)CC(=O)C[C@@H]3[C@@H](OC)[C@@H](CC(O)CCCCCC)O[C@H]3C[C@H]3O[C@@H](CC[C@@H]1O2)C[C@@H](C)C3=C. The van der Waals surface area contributed by atoms with Gasteiger partial charge in [-0.2, -0.15) is 0 Å². The summed E-state index contributed by atoms with van der Waals surface area (Å²) in [5.74, 6) is -0.527. The van der Waals surface area contributed by atoms with Gasteiger partial charge in [-0.1, -0.05) is 52.7 Å². The molecule has 0 aliphatic carbocycles. The van der Waals surface area contributed by atoms with E-state index in [1.165, 1.54) is 6.42 Å². The van der Waals surface area contributed by atoms with Crippen LogP contribution < -0.4 is 0 Å². The van der Waals surface area contributed by atoms with E-state index in [1.54, 1.807) is 7.11 Å². The first-order chi connectivity index (χ1) is 27.1. The fourth-order valence-electron chi connectivity index (χ4n) is 12.1. The molecule has 10 aliphatic heterocycles. The van der Waals surface area contributed by atoms with Crippen LogP contribution in [0.1, 0.15) is 129 Å². The Morgan fingerprint density at radius 1 is 0.768 bits per heavy atom. The van der Waals surface area contributed by atoms with E-state index in [2.05, 4.69) is 27.0 Å². The van der Waals surface area contributed by atoms with Crippen LogP contribution in [0.15, 0.2) is 24.3 Å². The third kappa shape index (κ3) is 7.90. The maximum absolute atomic E-state index is 14.2. The number of hydrogen-bond acceptors (Lipinski definition) is 11. The normalized spacial score (nSPS) is 49.5. The molecule has 314 valence electrons. The summed E-state index contributed by atoms with van der Waals surface area (Å²) in [5.41, 5.74) is 2.24. The van der Waals surface area contributed by atoms with Crippen molar-refractivity contribution in [3.63, 3.8) is 0 Å². The van der Waals surface area contributed by atoms with E-state index >= 15 is 0 Å². The largest absolute Gasteiger partial charge is 0.393 e. The molecule has 0 aromatic carbocycles. The van der Waals surface area contributed by atoms with Gasteiger partial charge in [-0.3, -0.25) is 4.79 Å². The minimum atomic E-state index is -0.774. The molecular weight excluding hydrogens is 716 g/mol. The van der Waals surface area contributed by atoms with E-state index in [1.807, 2.05) is 0 Å². The molecule has 1 unspecified atom stereocenters. The maximum Gasteiger partial charge on any atom is 0.172 e. The highest BCUT2D eigenvalue weighted by molar-refractivity contribution is 5.79. The number of unbranched alkanes of at least 4 members (excludes halogenated alkanes) is 3. The molecule has 19 atom stereocenters. The zero-order valence-electron chi connectivity index (χ0n) is 34.1. The van der Waals surface area contributed by atoms with Crippen molar-refractivity contribution in [1.82, 2.24) is 0 Å². The summed E-state index contributed by atoms with van der Waals surface area (Å²) in [6, 6.07) is 0. The second-order valence-electron chi connectivity index (χ2n) is 19.0. The zero-order valence-corrected chi connectivity index (χ0v) is 34.1. The van der Waals surface area contributed by atoms with Crippen LogP contribution in [-0.4, -0.2) is 121 Å². The molecule has 1 N–H and O–H groups in total. The van der Waals surface area contributed by atoms with Gasteiger partial charge < -0.3 is 47.7 Å². The Labute approximate surface area is 333 Å². The molecule has 12 bridgehead atoms. The molecular formula is C45H68O11. The van der Waals surface area contributed by atoms with Crippen LogP contribution in [0.2, 0.25) is 0 Å². The first-order valence-electron chi connectivity index (χ1n) is 22.5. The lowest BCUT2D eigenvalue weighted by atomic mass is 9.81. The summed E-state index contributed by atoms with van der Waals surface area (Å²) in [5, 5.41) is 11.2. The summed E-state index contributed by atoms with van der Waals surface area (Å²) in [6.45, 7) is 13.4. The number of aliphatic hydroxyl groups excluding tert-OH is 1. The number of Topliss-reactive ketones (excluding diaryl/α,β-unsaturated/α-hetero) is 1. The second kappa shape index (κ2) is 16.7. The highest BCUT2D eigenvalue weighted by atomic mass is 16.8. The van der Waals surface area contributed by atoms with Gasteiger partial charge in [0.25, 0.3) is 0 Å². The molecule has 0 aromatic rings. The van der Waals surface area contributed by atoms with Crippen LogP contribution in [0.5, 0.6) is 0 Å². The third-order valence-electron chi connectivity index (χ3n) is 15.1. The van der Waals surface area contributed by atoms with Crippen LogP contribution in [0.4, 0.5) is 0 Å². The highest BCUT2D eigenvalue weighted by Crippen LogP contribution is 2.54. The van der Waals surface area contributed by atoms with Crippen LogP contribution in [-0.2, 0) is 47.4 Å². The van der Waals surface area contributed by atoms with E-state index in [0.29, 0.717) is 44.4 Å². The maximum atomic E-state index is 14.2. The molecule has 0 amide bonds. The van der Waals surface area contributed by atoms with Gasteiger partial charge in [0, 0.05) is 51.6 Å². The van der Waals surface area contributed by atoms with Gasteiger partial charge in [0.15, 0.2) is 5.79 Å². The topological polar surface area (TPSA) is 120 Å². The number of ketones is 1. The number of ether oxygens (including phenoxy) is 9. The summed E-state index contributed by atoms with van der Waals surface area (Å²) < 4.78 is 60.6. The summed E-state index contributed by atoms with van der Waals surface area (Å²) in [7, 11) is 1.71. The Hall–Kier alpha value is -1.25. The first-order valence-corrected chi connectivity index (χ1v) is 22.5. The van der Waals surface area contributed by atoms with Gasteiger partial charge in [-0.05, 0) is 68.4 Å². The molecule has 11 heteroatoms. The van der Waals surface area contributed by atoms with E-state index in [4.69, 9.17) is 42.6 Å². The Bertz CT molecular complexity index is 1440. The quantitative estimate of drug-likeness (QED) is 0.216. The molecule has 10 rings (SSSR count). The summed E-state index contributed by atoms with van der Waals surface area (Å²) in [6.07, 6.45) is 10.9. The van der Waals surface area contributed by atoms with E-state index in [-0.39, 0.29) is 103 Å². The standard InChI is InChI=1S/C45H68O11/c1-6-7-8-9-10-27(46)21-37-39(48-5)32-20-28(47)19-30-12-14-34-40(51-30)44-43-42(53-34)41-38(54-43)23-45(55-41,56-44)16-15-31-18-25(3)33(49-31)13-11-29-17-24(2)26(4)35(50-29)22-36(32)52-37/h24,27,29-44,46H,3-4,6-23H2,1-2,5H3/t24-,27?,29+,30-,31+,32+,33+,34+,35-,36+,37-,38-,39-,40+,41+,42+,43+,44+,45+/m1/s1. The van der Waals surface area contributed by atoms with Crippen molar-refractivity contribution >= 4 is 5.78 Å². The van der Waals surface area contributed by atoms with Gasteiger partial charge in [0.1, 0.15) is 36.3 Å². The number of methoxy groups -OCH3 is 1. The fourth-order valence-corrected chi connectivity index (χ4v) is 12.1. The average molecular weight is 785 g/mol. The van der Waals surface area contributed by atoms with Crippen LogP contribution in [0.3, 0.4) is 0 Å².